The second-order valence-corrected chi connectivity index (χ2v) is 5.98. The molecule has 0 aliphatic carbocycles. The van der Waals surface area contributed by atoms with Crippen LogP contribution in [0.5, 0.6) is 0 Å². The number of amides is 1. The standard InChI is InChI=1S/C18H19ClFNO/c1-11-4-5-14(8-12(11)2)13(3)21-18(22)9-15-6-7-16(19)10-17(15)20/h4-8,10,13H,9H2,1-3H3,(H,21,22)/t13-/m1/s1. The molecule has 2 nitrogen and oxygen atoms in total. The van der Waals surface area contributed by atoms with Crippen LogP contribution in [0.25, 0.3) is 0 Å². The molecule has 0 bridgehead atoms. The molecule has 0 radical (unpaired) electrons. The van der Waals surface area contributed by atoms with Gasteiger partial charge in [0, 0.05) is 5.02 Å². The highest BCUT2D eigenvalue weighted by Gasteiger charge is 2.13. The average Bonchev–Trinajstić information content (AvgIpc) is 2.45. The minimum Gasteiger partial charge on any atom is -0.349 e. The van der Waals surface area contributed by atoms with E-state index in [0.717, 1.165) is 5.56 Å². The summed E-state index contributed by atoms with van der Waals surface area (Å²) in [4.78, 5) is 12.1. The fraction of sp³-hybridized carbons (Fsp3) is 0.278. The zero-order chi connectivity index (χ0) is 16.3. The molecule has 0 aliphatic heterocycles. The minimum absolute atomic E-state index is 0.00180. The molecule has 4 heteroatoms. The van der Waals surface area contributed by atoms with Crippen LogP contribution in [-0.4, -0.2) is 5.91 Å². The molecular formula is C18H19ClFNO. The summed E-state index contributed by atoms with van der Waals surface area (Å²) in [5.74, 6) is -0.673. The lowest BCUT2D eigenvalue weighted by Gasteiger charge is -2.16. The maximum atomic E-state index is 13.7. The van der Waals surface area contributed by atoms with Crippen LogP contribution in [0.1, 0.15) is 35.2 Å². The van der Waals surface area contributed by atoms with E-state index in [1.54, 1.807) is 6.07 Å². The molecule has 2 aromatic carbocycles. The van der Waals surface area contributed by atoms with Gasteiger partial charge in [-0.15, -0.1) is 0 Å². The third-order valence-corrected chi connectivity index (χ3v) is 4.01. The Kier molecular flexibility index (Phi) is 5.19. The number of benzene rings is 2. The van der Waals surface area contributed by atoms with Crippen molar-refractivity contribution in [1.82, 2.24) is 5.32 Å². The average molecular weight is 320 g/mol. The normalized spacial score (nSPS) is 12.0. The van der Waals surface area contributed by atoms with Crippen LogP contribution < -0.4 is 5.32 Å². The predicted octanol–water partition coefficient (Wildman–Crippen LogP) is 4.52. The van der Waals surface area contributed by atoms with Gasteiger partial charge in [0.2, 0.25) is 5.91 Å². The number of hydrogen-bond donors (Lipinski definition) is 1. The monoisotopic (exact) mass is 319 g/mol. The van der Waals surface area contributed by atoms with Crippen molar-refractivity contribution in [2.75, 3.05) is 0 Å². The molecule has 0 saturated heterocycles. The van der Waals surface area contributed by atoms with Gasteiger partial charge in [0.25, 0.3) is 0 Å². The van der Waals surface area contributed by atoms with Crippen LogP contribution in [0, 0.1) is 19.7 Å². The first-order valence-electron chi connectivity index (χ1n) is 7.17. The summed E-state index contributed by atoms with van der Waals surface area (Å²) in [7, 11) is 0. The van der Waals surface area contributed by atoms with Crippen molar-refractivity contribution in [3.63, 3.8) is 0 Å². The fourth-order valence-electron chi connectivity index (χ4n) is 2.25. The molecule has 116 valence electrons. The molecule has 0 spiro atoms. The lowest BCUT2D eigenvalue weighted by atomic mass is 10.0. The molecule has 0 saturated carbocycles. The SMILES string of the molecule is Cc1ccc([C@@H](C)NC(=O)Cc2ccc(Cl)cc2F)cc1C. The lowest BCUT2D eigenvalue weighted by molar-refractivity contribution is -0.121. The highest BCUT2D eigenvalue weighted by Crippen LogP contribution is 2.18. The summed E-state index contributed by atoms with van der Waals surface area (Å²) in [6, 6.07) is 10.3. The van der Waals surface area contributed by atoms with Crippen LogP contribution >= 0.6 is 11.6 Å². The summed E-state index contributed by atoms with van der Waals surface area (Å²) in [5.41, 5.74) is 3.77. The molecular weight excluding hydrogens is 301 g/mol. The van der Waals surface area contributed by atoms with Crippen LogP contribution in [0.2, 0.25) is 5.02 Å². The molecule has 0 unspecified atom stereocenters. The maximum absolute atomic E-state index is 13.7. The number of halogens is 2. The van der Waals surface area contributed by atoms with Crippen molar-refractivity contribution in [2.24, 2.45) is 0 Å². The first-order valence-corrected chi connectivity index (χ1v) is 7.55. The maximum Gasteiger partial charge on any atom is 0.225 e. The summed E-state index contributed by atoms with van der Waals surface area (Å²) >= 11 is 5.70. The van der Waals surface area contributed by atoms with Gasteiger partial charge in [0.05, 0.1) is 12.5 Å². The van der Waals surface area contributed by atoms with Crippen molar-refractivity contribution in [2.45, 2.75) is 33.2 Å². The second-order valence-electron chi connectivity index (χ2n) is 5.55. The number of rotatable bonds is 4. The van der Waals surface area contributed by atoms with Gasteiger partial charge >= 0.3 is 0 Å². The Balaban J connectivity index is 2.03. The van der Waals surface area contributed by atoms with Gasteiger partial charge in [-0.25, -0.2) is 4.39 Å². The van der Waals surface area contributed by atoms with E-state index in [1.165, 1.54) is 23.3 Å². The van der Waals surface area contributed by atoms with Gasteiger partial charge in [-0.05, 0) is 55.2 Å². The van der Waals surface area contributed by atoms with Crippen LogP contribution in [0.4, 0.5) is 4.39 Å². The van der Waals surface area contributed by atoms with Gasteiger partial charge in [0.1, 0.15) is 5.82 Å². The third kappa shape index (κ3) is 4.08. The van der Waals surface area contributed by atoms with Gasteiger partial charge in [-0.3, -0.25) is 4.79 Å². The number of nitrogens with one attached hydrogen (secondary N) is 1. The quantitative estimate of drug-likeness (QED) is 0.882. The fourth-order valence-corrected chi connectivity index (χ4v) is 2.41. The third-order valence-electron chi connectivity index (χ3n) is 3.77. The number of carbonyl (C=O) groups excluding carboxylic acids is 1. The zero-order valence-corrected chi connectivity index (χ0v) is 13.7. The summed E-state index contributed by atoms with van der Waals surface area (Å²) < 4.78 is 13.7. The van der Waals surface area contributed by atoms with Crippen LogP contribution in [0.15, 0.2) is 36.4 Å². The van der Waals surface area contributed by atoms with E-state index < -0.39 is 5.82 Å². The Bertz CT molecular complexity index is 699. The highest BCUT2D eigenvalue weighted by molar-refractivity contribution is 6.30. The molecule has 1 amide bonds. The smallest absolute Gasteiger partial charge is 0.225 e. The Labute approximate surface area is 135 Å². The van der Waals surface area contributed by atoms with Gasteiger partial charge in [-0.2, -0.15) is 0 Å². The van der Waals surface area contributed by atoms with Crippen molar-refractivity contribution in [3.8, 4) is 0 Å². The van der Waals surface area contributed by atoms with Crippen LogP contribution in [0.3, 0.4) is 0 Å². The molecule has 2 aromatic rings. The topological polar surface area (TPSA) is 29.1 Å². The second kappa shape index (κ2) is 6.93. The van der Waals surface area contributed by atoms with Gasteiger partial charge in [0.15, 0.2) is 0 Å². The van der Waals surface area contributed by atoms with Gasteiger partial charge in [-0.1, -0.05) is 35.9 Å². The van der Waals surface area contributed by atoms with Crippen molar-refractivity contribution in [1.29, 1.82) is 0 Å². The Morgan fingerprint density at radius 3 is 2.55 bits per heavy atom. The summed E-state index contributed by atoms with van der Waals surface area (Å²) in [6.45, 7) is 6.00. The van der Waals surface area contributed by atoms with E-state index in [1.807, 2.05) is 32.9 Å². The molecule has 0 heterocycles. The van der Waals surface area contributed by atoms with E-state index in [9.17, 15) is 9.18 Å². The first kappa shape index (κ1) is 16.5. The van der Waals surface area contributed by atoms with Crippen LogP contribution in [-0.2, 0) is 11.2 Å². The number of aryl methyl sites for hydroxylation is 2. The Hall–Kier alpha value is -1.87. The van der Waals surface area contributed by atoms with E-state index in [4.69, 9.17) is 11.6 Å². The lowest BCUT2D eigenvalue weighted by Crippen LogP contribution is -2.28. The molecule has 0 aromatic heterocycles. The van der Waals surface area contributed by atoms with Gasteiger partial charge < -0.3 is 5.32 Å². The predicted molar refractivity (Wildman–Crippen MR) is 87.6 cm³/mol. The molecule has 22 heavy (non-hydrogen) atoms. The molecule has 1 atom stereocenters. The number of hydrogen-bond acceptors (Lipinski definition) is 1. The van der Waals surface area contributed by atoms with E-state index in [2.05, 4.69) is 11.4 Å². The molecule has 0 fully saturated rings. The van der Waals surface area contributed by atoms with E-state index in [0.29, 0.717) is 10.6 Å². The number of carbonyl (C=O) groups is 1. The van der Waals surface area contributed by atoms with Crippen molar-refractivity contribution >= 4 is 17.5 Å². The Morgan fingerprint density at radius 2 is 1.91 bits per heavy atom. The van der Waals surface area contributed by atoms with E-state index in [-0.39, 0.29) is 18.4 Å². The molecule has 0 aliphatic rings. The molecule has 1 N–H and O–H groups in total. The Morgan fingerprint density at radius 1 is 1.18 bits per heavy atom. The van der Waals surface area contributed by atoms with E-state index >= 15 is 0 Å². The van der Waals surface area contributed by atoms with Crippen molar-refractivity contribution < 1.29 is 9.18 Å². The highest BCUT2D eigenvalue weighted by atomic mass is 35.5. The summed E-state index contributed by atoms with van der Waals surface area (Å²) in [6.07, 6.45) is -0.00180. The summed E-state index contributed by atoms with van der Waals surface area (Å²) in [5, 5.41) is 3.22. The zero-order valence-electron chi connectivity index (χ0n) is 12.9. The first-order chi connectivity index (χ1) is 10.4. The largest absolute Gasteiger partial charge is 0.349 e. The minimum atomic E-state index is -0.457. The van der Waals surface area contributed by atoms with Crippen molar-refractivity contribution in [3.05, 3.63) is 69.5 Å². The molecule has 2 rings (SSSR count).